The third kappa shape index (κ3) is 5.57. The van der Waals surface area contributed by atoms with E-state index < -0.39 is 0 Å². The molecular formula is C25H21ClN2O2S. The van der Waals surface area contributed by atoms with Gasteiger partial charge in [-0.3, -0.25) is 4.79 Å². The SMILES string of the molecule is Cc1ccc(COc2ccc(C=C3SC(=Nc4ccc(C)cc4)NC3=O)cc2Cl)cc1. The van der Waals surface area contributed by atoms with Crippen LogP contribution in [0.15, 0.2) is 76.6 Å². The lowest BCUT2D eigenvalue weighted by Crippen LogP contribution is -2.19. The molecule has 4 rings (SSSR count). The van der Waals surface area contributed by atoms with Crippen LogP contribution in [0.1, 0.15) is 22.3 Å². The van der Waals surface area contributed by atoms with Gasteiger partial charge < -0.3 is 10.1 Å². The van der Waals surface area contributed by atoms with Crippen molar-refractivity contribution < 1.29 is 9.53 Å². The Balaban J connectivity index is 1.44. The highest BCUT2D eigenvalue weighted by Gasteiger charge is 2.23. The van der Waals surface area contributed by atoms with E-state index in [4.69, 9.17) is 16.3 Å². The minimum atomic E-state index is -0.174. The van der Waals surface area contributed by atoms with Gasteiger partial charge in [-0.05, 0) is 67.1 Å². The Morgan fingerprint density at radius 3 is 2.35 bits per heavy atom. The molecule has 1 heterocycles. The summed E-state index contributed by atoms with van der Waals surface area (Å²) in [6, 6.07) is 21.5. The number of rotatable bonds is 5. The molecule has 1 fully saturated rings. The average molecular weight is 449 g/mol. The van der Waals surface area contributed by atoms with Crippen LogP contribution in [-0.2, 0) is 11.4 Å². The Morgan fingerprint density at radius 1 is 1.00 bits per heavy atom. The Hall–Kier alpha value is -3.02. The number of aryl methyl sites for hydroxylation is 2. The Labute approximate surface area is 191 Å². The normalized spacial score (nSPS) is 16.0. The van der Waals surface area contributed by atoms with Crippen LogP contribution in [0, 0.1) is 13.8 Å². The van der Waals surface area contributed by atoms with Crippen LogP contribution < -0.4 is 10.1 Å². The van der Waals surface area contributed by atoms with E-state index in [2.05, 4.69) is 29.4 Å². The predicted octanol–water partition coefficient (Wildman–Crippen LogP) is 6.43. The fraction of sp³-hybridized carbons (Fsp3) is 0.120. The number of ether oxygens (including phenoxy) is 1. The number of carbonyl (C=O) groups excluding carboxylic acids is 1. The summed E-state index contributed by atoms with van der Waals surface area (Å²) < 4.78 is 5.84. The van der Waals surface area contributed by atoms with Gasteiger partial charge in [-0.1, -0.05) is 65.2 Å². The molecule has 1 aliphatic heterocycles. The maximum absolute atomic E-state index is 12.3. The predicted molar refractivity (Wildman–Crippen MR) is 129 cm³/mol. The third-order valence-electron chi connectivity index (χ3n) is 4.68. The summed E-state index contributed by atoms with van der Waals surface area (Å²) >= 11 is 7.71. The number of benzene rings is 3. The Kier molecular flexibility index (Phi) is 6.44. The van der Waals surface area contributed by atoms with Gasteiger partial charge in [-0.2, -0.15) is 0 Å². The second-order valence-electron chi connectivity index (χ2n) is 7.28. The van der Waals surface area contributed by atoms with Crippen molar-refractivity contribution in [2.24, 2.45) is 4.99 Å². The van der Waals surface area contributed by atoms with E-state index in [1.807, 2.05) is 55.5 Å². The lowest BCUT2D eigenvalue weighted by molar-refractivity contribution is -0.115. The van der Waals surface area contributed by atoms with Crippen molar-refractivity contribution in [1.29, 1.82) is 0 Å². The smallest absolute Gasteiger partial charge is 0.264 e. The minimum absolute atomic E-state index is 0.174. The summed E-state index contributed by atoms with van der Waals surface area (Å²) in [6.45, 7) is 4.51. The van der Waals surface area contributed by atoms with Crippen molar-refractivity contribution in [3.05, 3.63) is 98.9 Å². The number of carbonyl (C=O) groups is 1. The highest BCUT2D eigenvalue weighted by atomic mass is 35.5. The summed E-state index contributed by atoms with van der Waals surface area (Å²) in [6.07, 6.45) is 1.80. The summed E-state index contributed by atoms with van der Waals surface area (Å²) in [5, 5.41) is 3.86. The van der Waals surface area contributed by atoms with E-state index >= 15 is 0 Å². The number of nitrogens with one attached hydrogen (secondary N) is 1. The number of amides is 1. The zero-order valence-electron chi connectivity index (χ0n) is 17.2. The van der Waals surface area contributed by atoms with Gasteiger partial charge in [0.05, 0.1) is 15.6 Å². The second kappa shape index (κ2) is 9.41. The van der Waals surface area contributed by atoms with Gasteiger partial charge >= 0.3 is 0 Å². The van der Waals surface area contributed by atoms with E-state index in [0.29, 0.717) is 27.5 Å². The monoisotopic (exact) mass is 448 g/mol. The lowest BCUT2D eigenvalue weighted by Gasteiger charge is -2.09. The van der Waals surface area contributed by atoms with Gasteiger partial charge in [-0.15, -0.1) is 0 Å². The van der Waals surface area contributed by atoms with Gasteiger partial charge in [0.15, 0.2) is 5.17 Å². The summed E-state index contributed by atoms with van der Waals surface area (Å²) in [4.78, 5) is 17.4. The number of nitrogens with zero attached hydrogens (tertiary/aromatic N) is 1. The van der Waals surface area contributed by atoms with E-state index in [-0.39, 0.29) is 5.91 Å². The first-order chi connectivity index (χ1) is 15.0. The van der Waals surface area contributed by atoms with Gasteiger partial charge in [-0.25, -0.2) is 4.99 Å². The van der Waals surface area contributed by atoms with Crippen LogP contribution in [0.5, 0.6) is 5.75 Å². The molecule has 1 aliphatic rings. The maximum Gasteiger partial charge on any atom is 0.264 e. The van der Waals surface area contributed by atoms with Crippen LogP contribution in [0.3, 0.4) is 0 Å². The van der Waals surface area contributed by atoms with Crippen molar-refractivity contribution >= 4 is 46.2 Å². The van der Waals surface area contributed by atoms with Gasteiger partial charge in [0, 0.05) is 0 Å². The number of thioether (sulfide) groups is 1. The molecule has 6 heteroatoms. The molecule has 3 aromatic rings. The third-order valence-corrected chi connectivity index (χ3v) is 5.89. The highest BCUT2D eigenvalue weighted by molar-refractivity contribution is 8.18. The van der Waals surface area contributed by atoms with Crippen molar-refractivity contribution in [3.63, 3.8) is 0 Å². The molecule has 0 bridgehead atoms. The number of halogens is 1. The van der Waals surface area contributed by atoms with E-state index in [9.17, 15) is 4.79 Å². The molecule has 4 nitrogen and oxygen atoms in total. The largest absolute Gasteiger partial charge is 0.487 e. The molecule has 156 valence electrons. The number of amidine groups is 1. The van der Waals surface area contributed by atoms with Crippen LogP contribution >= 0.6 is 23.4 Å². The molecule has 31 heavy (non-hydrogen) atoms. The molecule has 0 atom stereocenters. The lowest BCUT2D eigenvalue weighted by atomic mass is 10.1. The first-order valence-electron chi connectivity index (χ1n) is 9.80. The van der Waals surface area contributed by atoms with Crippen molar-refractivity contribution in [2.75, 3.05) is 0 Å². The van der Waals surface area contributed by atoms with Crippen molar-refractivity contribution in [1.82, 2.24) is 5.32 Å². The van der Waals surface area contributed by atoms with Gasteiger partial charge in [0.25, 0.3) is 5.91 Å². The standard InChI is InChI=1S/C25H21ClN2O2S/c1-16-3-7-18(8-4-16)15-30-22-12-9-19(13-21(22)26)14-23-24(29)28-25(31-23)27-20-10-5-17(2)6-11-20/h3-14H,15H2,1-2H3,(H,27,28,29). The van der Waals surface area contributed by atoms with E-state index in [0.717, 1.165) is 22.4 Å². The molecule has 0 radical (unpaired) electrons. The number of aliphatic imine (C=N–C) groups is 1. The van der Waals surface area contributed by atoms with E-state index in [1.165, 1.54) is 17.3 Å². The highest BCUT2D eigenvalue weighted by Crippen LogP contribution is 2.31. The molecule has 1 saturated heterocycles. The number of hydrogen-bond acceptors (Lipinski definition) is 4. The number of hydrogen-bond donors (Lipinski definition) is 1. The molecule has 0 aromatic heterocycles. The zero-order chi connectivity index (χ0) is 21.8. The summed E-state index contributed by atoms with van der Waals surface area (Å²) in [5.74, 6) is 0.432. The van der Waals surface area contributed by atoms with Gasteiger partial charge in [0.2, 0.25) is 0 Å². The quantitative estimate of drug-likeness (QED) is 0.457. The second-order valence-corrected chi connectivity index (χ2v) is 8.72. The molecule has 3 aromatic carbocycles. The zero-order valence-corrected chi connectivity index (χ0v) is 18.8. The molecule has 0 spiro atoms. The fourth-order valence-electron chi connectivity index (χ4n) is 2.94. The van der Waals surface area contributed by atoms with Crippen LogP contribution in [0.25, 0.3) is 6.08 Å². The van der Waals surface area contributed by atoms with Crippen LogP contribution in [0.4, 0.5) is 5.69 Å². The Morgan fingerprint density at radius 2 is 1.68 bits per heavy atom. The van der Waals surface area contributed by atoms with Crippen molar-refractivity contribution in [3.8, 4) is 5.75 Å². The average Bonchev–Trinajstić information content (AvgIpc) is 3.09. The van der Waals surface area contributed by atoms with Crippen LogP contribution in [-0.4, -0.2) is 11.1 Å². The first kappa shape index (κ1) is 21.2. The molecule has 0 unspecified atom stereocenters. The first-order valence-corrected chi connectivity index (χ1v) is 11.0. The van der Waals surface area contributed by atoms with Crippen molar-refractivity contribution in [2.45, 2.75) is 20.5 Å². The maximum atomic E-state index is 12.3. The molecule has 0 aliphatic carbocycles. The molecule has 1 N–H and O–H groups in total. The topological polar surface area (TPSA) is 50.7 Å². The fourth-order valence-corrected chi connectivity index (χ4v) is 4.02. The minimum Gasteiger partial charge on any atom is -0.487 e. The van der Waals surface area contributed by atoms with Gasteiger partial charge in [0.1, 0.15) is 12.4 Å². The Bertz CT molecular complexity index is 1170. The van der Waals surface area contributed by atoms with E-state index in [1.54, 1.807) is 12.1 Å². The molecular weight excluding hydrogens is 428 g/mol. The molecule has 0 saturated carbocycles. The van der Waals surface area contributed by atoms with Crippen LogP contribution in [0.2, 0.25) is 5.02 Å². The summed E-state index contributed by atoms with van der Waals surface area (Å²) in [7, 11) is 0. The molecule has 1 amide bonds. The summed E-state index contributed by atoms with van der Waals surface area (Å²) in [5.41, 5.74) is 5.07.